The number of aromatic nitrogens is 2. The van der Waals surface area contributed by atoms with Crippen molar-refractivity contribution < 1.29 is 0 Å². The first-order chi connectivity index (χ1) is 7.90. The first kappa shape index (κ1) is 11.8. The van der Waals surface area contributed by atoms with Crippen LogP contribution in [-0.4, -0.2) is 21.5 Å². The Morgan fingerprint density at radius 1 is 1.38 bits per heavy atom. The summed E-state index contributed by atoms with van der Waals surface area (Å²) in [5.41, 5.74) is 3.97. The van der Waals surface area contributed by atoms with Crippen LogP contribution in [0.5, 0.6) is 0 Å². The van der Waals surface area contributed by atoms with E-state index in [-0.39, 0.29) is 6.04 Å². The zero-order chi connectivity index (χ0) is 11.2. The van der Waals surface area contributed by atoms with Crippen LogP contribution in [0.3, 0.4) is 0 Å². The van der Waals surface area contributed by atoms with Crippen molar-refractivity contribution in [3.8, 4) is 0 Å². The number of nitrogens with zero attached hydrogens (tertiary/aromatic N) is 2. The summed E-state index contributed by atoms with van der Waals surface area (Å²) in [6.45, 7) is 0. The molecule has 3 N–H and O–H groups in total. The Morgan fingerprint density at radius 2 is 2.06 bits per heavy atom. The highest BCUT2D eigenvalue weighted by Gasteiger charge is 2.19. The van der Waals surface area contributed by atoms with E-state index in [2.05, 4.69) is 27.2 Å². The minimum Gasteiger partial charge on any atom is -0.271 e. The molecule has 1 aromatic rings. The smallest absolute Gasteiger partial charge is 0.115 e. The third-order valence-corrected chi connectivity index (χ3v) is 4.14. The van der Waals surface area contributed by atoms with Crippen molar-refractivity contribution in [2.75, 3.05) is 11.5 Å². The van der Waals surface area contributed by atoms with Gasteiger partial charge in [-0.3, -0.25) is 11.3 Å². The number of hydrazine groups is 1. The molecule has 0 spiro atoms. The molecule has 5 heteroatoms. The quantitative estimate of drug-likeness (QED) is 0.615. The molecule has 1 aliphatic rings. The summed E-state index contributed by atoms with van der Waals surface area (Å²) in [5.74, 6) is 8.96. The Morgan fingerprint density at radius 3 is 2.69 bits per heavy atom. The number of hydrogen-bond acceptors (Lipinski definition) is 5. The molecule has 0 aliphatic carbocycles. The monoisotopic (exact) mass is 238 g/mol. The van der Waals surface area contributed by atoms with Gasteiger partial charge in [-0.25, -0.2) is 9.97 Å². The Balaban J connectivity index is 1.94. The average molecular weight is 238 g/mol. The molecule has 4 nitrogen and oxygen atoms in total. The third kappa shape index (κ3) is 3.17. The Hall–Kier alpha value is -0.650. The van der Waals surface area contributed by atoms with Crippen molar-refractivity contribution in [2.24, 2.45) is 11.8 Å². The Kier molecular flexibility index (Phi) is 4.56. The topological polar surface area (TPSA) is 63.8 Å². The molecule has 88 valence electrons. The zero-order valence-corrected chi connectivity index (χ0v) is 10.1. The van der Waals surface area contributed by atoms with Gasteiger partial charge < -0.3 is 0 Å². The van der Waals surface area contributed by atoms with E-state index in [0.717, 1.165) is 17.9 Å². The molecule has 16 heavy (non-hydrogen) atoms. The van der Waals surface area contributed by atoms with Crippen LogP contribution in [-0.2, 0) is 0 Å². The van der Waals surface area contributed by atoms with Gasteiger partial charge in [-0.2, -0.15) is 11.8 Å². The number of nitrogens with two attached hydrogens (primary N) is 1. The standard InChI is InChI=1S/C11H18N4S/c12-15-11(10-6-13-8-14-7-10)5-9-1-3-16-4-2-9/h6-9,11,15H,1-5,12H2. The molecule has 0 radical (unpaired) electrons. The summed E-state index contributed by atoms with van der Waals surface area (Å²) >= 11 is 2.05. The molecule has 0 saturated carbocycles. The maximum absolute atomic E-state index is 5.61. The predicted molar refractivity (Wildman–Crippen MR) is 66.8 cm³/mol. The van der Waals surface area contributed by atoms with E-state index in [1.54, 1.807) is 6.33 Å². The van der Waals surface area contributed by atoms with Crippen LogP contribution in [0, 0.1) is 5.92 Å². The predicted octanol–water partition coefficient (Wildman–Crippen LogP) is 1.51. The highest BCUT2D eigenvalue weighted by molar-refractivity contribution is 7.99. The Labute approximate surface area is 100 Å². The molecule has 0 bridgehead atoms. The maximum Gasteiger partial charge on any atom is 0.115 e. The summed E-state index contributed by atoms with van der Waals surface area (Å²) in [6, 6.07) is 0.189. The first-order valence-electron chi connectivity index (χ1n) is 5.69. The Bertz CT molecular complexity index is 300. The first-order valence-corrected chi connectivity index (χ1v) is 6.84. The fraction of sp³-hybridized carbons (Fsp3) is 0.636. The van der Waals surface area contributed by atoms with Crippen molar-refractivity contribution in [1.82, 2.24) is 15.4 Å². The largest absolute Gasteiger partial charge is 0.271 e. The van der Waals surface area contributed by atoms with Gasteiger partial charge in [0.15, 0.2) is 0 Å². The second-order valence-electron chi connectivity index (χ2n) is 4.18. The fourth-order valence-corrected chi connectivity index (χ4v) is 3.31. The van der Waals surface area contributed by atoms with E-state index in [9.17, 15) is 0 Å². The van der Waals surface area contributed by atoms with Gasteiger partial charge in [0.25, 0.3) is 0 Å². The van der Waals surface area contributed by atoms with Gasteiger partial charge in [-0.05, 0) is 36.7 Å². The molecule has 0 amide bonds. The summed E-state index contributed by atoms with van der Waals surface area (Å²) in [7, 11) is 0. The molecule has 1 unspecified atom stereocenters. The van der Waals surface area contributed by atoms with E-state index in [0.29, 0.717) is 0 Å². The molecule has 0 aromatic carbocycles. The fourth-order valence-electron chi connectivity index (χ4n) is 2.11. The van der Waals surface area contributed by atoms with Crippen LogP contribution in [0.1, 0.15) is 30.9 Å². The molecule has 1 aliphatic heterocycles. The lowest BCUT2D eigenvalue weighted by molar-refractivity contribution is 0.373. The maximum atomic E-state index is 5.61. The van der Waals surface area contributed by atoms with Crippen LogP contribution >= 0.6 is 11.8 Å². The van der Waals surface area contributed by atoms with Gasteiger partial charge in [-0.1, -0.05) is 0 Å². The summed E-state index contributed by atoms with van der Waals surface area (Å²) in [5, 5.41) is 0. The van der Waals surface area contributed by atoms with E-state index in [1.807, 2.05) is 12.4 Å². The van der Waals surface area contributed by atoms with Gasteiger partial charge in [0, 0.05) is 24.0 Å². The summed E-state index contributed by atoms with van der Waals surface area (Å²) in [6.07, 6.45) is 8.93. The van der Waals surface area contributed by atoms with Crippen molar-refractivity contribution >= 4 is 11.8 Å². The molecule has 1 atom stereocenters. The van der Waals surface area contributed by atoms with E-state index in [1.165, 1.54) is 24.3 Å². The molecule has 1 aromatic heterocycles. The molecule has 2 heterocycles. The average Bonchev–Trinajstić information content (AvgIpc) is 2.38. The van der Waals surface area contributed by atoms with Crippen LogP contribution in [0.4, 0.5) is 0 Å². The van der Waals surface area contributed by atoms with E-state index >= 15 is 0 Å². The van der Waals surface area contributed by atoms with Crippen molar-refractivity contribution in [1.29, 1.82) is 0 Å². The number of thioether (sulfide) groups is 1. The highest BCUT2D eigenvalue weighted by Crippen LogP contribution is 2.30. The third-order valence-electron chi connectivity index (χ3n) is 3.09. The van der Waals surface area contributed by atoms with Crippen LogP contribution in [0.2, 0.25) is 0 Å². The minimum absolute atomic E-state index is 0.189. The molecule has 2 rings (SSSR count). The van der Waals surface area contributed by atoms with Gasteiger partial charge in [0.05, 0.1) is 0 Å². The van der Waals surface area contributed by atoms with Gasteiger partial charge in [0.2, 0.25) is 0 Å². The number of nitrogens with one attached hydrogen (secondary N) is 1. The van der Waals surface area contributed by atoms with Crippen molar-refractivity contribution in [3.05, 3.63) is 24.3 Å². The van der Waals surface area contributed by atoms with Gasteiger partial charge in [0.1, 0.15) is 6.33 Å². The zero-order valence-electron chi connectivity index (χ0n) is 9.30. The molecular weight excluding hydrogens is 220 g/mol. The summed E-state index contributed by atoms with van der Waals surface area (Å²) < 4.78 is 0. The lowest BCUT2D eigenvalue weighted by Crippen LogP contribution is -2.30. The lowest BCUT2D eigenvalue weighted by Gasteiger charge is -2.25. The molecular formula is C11H18N4S. The molecule has 1 fully saturated rings. The normalized spacial score (nSPS) is 19.6. The summed E-state index contributed by atoms with van der Waals surface area (Å²) in [4.78, 5) is 8.07. The van der Waals surface area contributed by atoms with Gasteiger partial charge in [-0.15, -0.1) is 0 Å². The second-order valence-corrected chi connectivity index (χ2v) is 5.41. The van der Waals surface area contributed by atoms with E-state index < -0.39 is 0 Å². The van der Waals surface area contributed by atoms with Crippen molar-refractivity contribution in [3.63, 3.8) is 0 Å². The second kappa shape index (κ2) is 6.18. The minimum atomic E-state index is 0.189. The SMILES string of the molecule is NNC(CC1CCSCC1)c1cncnc1. The molecule has 1 saturated heterocycles. The number of hydrogen-bond donors (Lipinski definition) is 2. The van der Waals surface area contributed by atoms with Crippen LogP contribution in [0.25, 0.3) is 0 Å². The van der Waals surface area contributed by atoms with Gasteiger partial charge >= 0.3 is 0 Å². The van der Waals surface area contributed by atoms with Crippen LogP contribution in [0.15, 0.2) is 18.7 Å². The van der Waals surface area contributed by atoms with Crippen LogP contribution < -0.4 is 11.3 Å². The highest BCUT2D eigenvalue weighted by atomic mass is 32.2. The number of rotatable bonds is 4. The van der Waals surface area contributed by atoms with Crippen molar-refractivity contribution in [2.45, 2.75) is 25.3 Å². The van der Waals surface area contributed by atoms with E-state index in [4.69, 9.17) is 5.84 Å². The lowest BCUT2D eigenvalue weighted by atomic mass is 9.92.